The molecule has 0 atom stereocenters. The number of amides is 1. The van der Waals surface area contributed by atoms with Crippen molar-refractivity contribution in [1.82, 2.24) is 24.6 Å². The van der Waals surface area contributed by atoms with E-state index in [1.54, 1.807) is 6.20 Å². The molecule has 0 N–H and O–H groups in total. The lowest BCUT2D eigenvalue weighted by Crippen LogP contribution is -2.38. The molecule has 3 aromatic rings. The zero-order valence-corrected chi connectivity index (χ0v) is 16.0. The van der Waals surface area contributed by atoms with Crippen LogP contribution in [-0.2, 0) is 13.7 Å². The summed E-state index contributed by atoms with van der Waals surface area (Å²) < 4.78 is 12.9. The monoisotopic (exact) mass is 381 g/mol. The Bertz CT molecular complexity index is 939. The van der Waals surface area contributed by atoms with Crippen molar-refractivity contribution in [3.63, 3.8) is 0 Å². The molecule has 1 fully saturated rings. The maximum atomic E-state index is 12.8. The molecule has 3 heterocycles. The van der Waals surface area contributed by atoms with Crippen LogP contribution in [0.5, 0.6) is 5.75 Å². The molecule has 0 radical (unpaired) electrons. The number of imidazole rings is 1. The van der Waals surface area contributed by atoms with Gasteiger partial charge in [-0.2, -0.15) is 4.98 Å². The van der Waals surface area contributed by atoms with Crippen molar-refractivity contribution in [2.24, 2.45) is 7.05 Å². The summed E-state index contributed by atoms with van der Waals surface area (Å²) in [5.74, 6) is 3.16. The standard InChI is InChI=1S/C20H23N5O3/c1-14-22-19(28-23-14)15-7-10-25(11-8-15)20(26)16-3-5-17(6-4-16)27-13-18-21-9-12-24(18)2/h3-6,9,12,15H,7-8,10-11,13H2,1-2H3. The highest BCUT2D eigenvalue weighted by atomic mass is 16.5. The molecule has 0 bridgehead atoms. The highest BCUT2D eigenvalue weighted by Crippen LogP contribution is 2.27. The van der Waals surface area contributed by atoms with Crippen LogP contribution in [0.1, 0.15) is 46.7 Å². The molecule has 8 nitrogen and oxygen atoms in total. The Labute approximate surface area is 163 Å². The van der Waals surface area contributed by atoms with Gasteiger partial charge in [0, 0.05) is 44.0 Å². The van der Waals surface area contributed by atoms with Crippen molar-refractivity contribution in [1.29, 1.82) is 0 Å². The highest BCUT2D eigenvalue weighted by Gasteiger charge is 2.27. The fourth-order valence-electron chi connectivity index (χ4n) is 3.37. The highest BCUT2D eigenvalue weighted by molar-refractivity contribution is 5.94. The fourth-order valence-corrected chi connectivity index (χ4v) is 3.37. The van der Waals surface area contributed by atoms with Gasteiger partial charge in [0.15, 0.2) is 5.82 Å². The van der Waals surface area contributed by atoms with E-state index in [0.29, 0.717) is 42.7 Å². The molecule has 1 aliphatic heterocycles. The first kappa shape index (κ1) is 18.2. The minimum absolute atomic E-state index is 0.0378. The predicted octanol–water partition coefficient (Wildman–Crippen LogP) is 2.71. The van der Waals surface area contributed by atoms with E-state index in [4.69, 9.17) is 9.26 Å². The van der Waals surface area contributed by atoms with Gasteiger partial charge in [0.25, 0.3) is 5.91 Å². The third kappa shape index (κ3) is 3.90. The number of carbonyl (C=O) groups excluding carboxylic acids is 1. The Morgan fingerprint density at radius 3 is 2.61 bits per heavy atom. The molecule has 28 heavy (non-hydrogen) atoms. The van der Waals surface area contributed by atoms with Gasteiger partial charge in [0.2, 0.25) is 5.89 Å². The lowest BCUT2D eigenvalue weighted by atomic mass is 9.96. The number of carbonyl (C=O) groups is 1. The Hall–Kier alpha value is -3.16. The first-order valence-corrected chi connectivity index (χ1v) is 9.38. The number of aromatic nitrogens is 4. The van der Waals surface area contributed by atoms with Crippen molar-refractivity contribution in [3.05, 3.63) is 59.8 Å². The molecule has 8 heteroatoms. The van der Waals surface area contributed by atoms with Gasteiger partial charge >= 0.3 is 0 Å². The number of benzene rings is 1. The van der Waals surface area contributed by atoms with Crippen molar-refractivity contribution < 1.29 is 14.1 Å². The summed E-state index contributed by atoms with van der Waals surface area (Å²) in [6.45, 7) is 3.57. The van der Waals surface area contributed by atoms with Crippen LogP contribution >= 0.6 is 0 Å². The molecule has 146 valence electrons. The number of likely N-dealkylation sites (tertiary alicyclic amines) is 1. The van der Waals surface area contributed by atoms with Crippen LogP contribution in [0.4, 0.5) is 0 Å². The Morgan fingerprint density at radius 1 is 1.25 bits per heavy atom. The maximum absolute atomic E-state index is 12.8. The number of rotatable bonds is 5. The molecule has 0 saturated carbocycles. The second kappa shape index (κ2) is 7.84. The molecule has 1 aromatic carbocycles. The zero-order valence-electron chi connectivity index (χ0n) is 16.0. The molecule has 1 saturated heterocycles. The summed E-state index contributed by atoms with van der Waals surface area (Å²) >= 11 is 0. The number of aryl methyl sites for hydroxylation is 2. The largest absolute Gasteiger partial charge is 0.486 e. The van der Waals surface area contributed by atoms with E-state index in [0.717, 1.165) is 18.7 Å². The summed E-state index contributed by atoms with van der Waals surface area (Å²) in [5.41, 5.74) is 0.663. The minimum Gasteiger partial charge on any atom is -0.486 e. The number of piperidine rings is 1. The van der Waals surface area contributed by atoms with Crippen molar-refractivity contribution >= 4 is 5.91 Å². The number of nitrogens with zero attached hydrogens (tertiary/aromatic N) is 5. The van der Waals surface area contributed by atoms with E-state index in [1.165, 1.54) is 0 Å². The van der Waals surface area contributed by atoms with Gasteiger partial charge in [-0.1, -0.05) is 5.16 Å². The summed E-state index contributed by atoms with van der Waals surface area (Å²) in [6, 6.07) is 7.27. The van der Waals surface area contributed by atoms with Gasteiger partial charge in [0.1, 0.15) is 18.2 Å². The second-order valence-electron chi connectivity index (χ2n) is 7.01. The average Bonchev–Trinajstić information content (AvgIpc) is 3.34. The van der Waals surface area contributed by atoms with E-state index in [-0.39, 0.29) is 11.8 Å². The van der Waals surface area contributed by atoms with Crippen LogP contribution < -0.4 is 4.74 Å². The van der Waals surface area contributed by atoms with E-state index in [9.17, 15) is 4.79 Å². The van der Waals surface area contributed by atoms with E-state index < -0.39 is 0 Å². The molecule has 0 unspecified atom stereocenters. The summed E-state index contributed by atoms with van der Waals surface area (Å²) in [5, 5.41) is 3.85. The molecule has 0 spiro atoms. The van der Waals surface area contributed by atoms with Gasteiger partial charge < -0.3 is 18.7 Å². The number of ether oxygens (including phenoxy) is 1. The van der Waals surface area contributed by atoms with E-state index >= 15 is 0 Å². The van der Waals surface area contributed by atoms with Crippen molar-refractivity contribution in [2.75, 3.05) is 13.1 Å². The number of hydrogen-bond donors (Lipinski definition) is 0. The quantitative estimate of drug-likeness (QED) is 0.675. The molecule has 2 aromatic heterocycles. The predicted molar refractivity (Wildman–Crippen MR) is 101 cm³/mol. The van der Waals surface area contributed by atoms with Crippen LogP contribution in [0.3, 0.4) is 0 Å². The van der Waals surface area contributed by atoms with E-state index in [1.807, 2.05) is 53.9 Å². The molecular weight excluding hydrogens is 358 g/mol. The topological polar surface area (TPSA) is 86.3 Å². The normalized spacial score (nSPS) is 15.0. The zero-order chi connectivity index (χ0) is 19.5. The van der Waals surface area contributed by atoms with Crippen molar-refractivity contribution in [3.8, 4) is 5.75 Å². The van der Waals surface area contributed by atoms with E-state index in [2.05, 4.69) is 15.1 Å². The molecular formula is C20H23N5O3. The lowest BCUT2D eigenvalue weighted by Gasteiger charge is -2.30. The van der Waals surface area contributed by atoms with Crippen LogP contribution in [0, 0.1) is 6.92 Å². The molecule has 4 rings (SSSR count). The molecule has 1 aliphatic rings. The van der Waals surface area contributed by atoms with Gasteiger partial charge in [-0.25, -0.2) is 4.98 Å². The maximum Gasteiger partial charge on any atom is 0.253 e. The number of hydrogen-bond acceptors (Lipinski definition) is 6. The third-order valence-electron chi connectivity index (χ3n) is 5.06. The van der Waals surface area contributed by atoms with Crippen LogP contribution in [0.15, 0.2) is 41.2 Å². The first-order chi connectivity index (χ1) is 13.6. The smallest absolute Gasteiger partial charge is 0.253 e. The van der Waals surface area contributed by atoms with Gasteiger partial charge in [-0.3, -0.25) is 4.79 Å². The third-order valence-corrected chi connectivity index (χ3v) is 5.06. The SMILES string of the molecule is Cc1noc(C2CCN(C(=O)c3ccc(OCc4nccn4C)cc3)CC2)n1. The second-order valence-corrected chi connectivity index (χ2v) is 7.01. The summed E-state index contributed by atoms with van der Waals surface area (Å²) in [7, 11) is 1.93. The van der Waals surface area contributed by atoms with Crippen LogP contribution in [0.2, 0.25) is 0 Å². The van der Waals surface area contributed by atoms with Crippen LogP contribution in [0.25, 0.3) is 0 Å². The van der Waals surface area contributed by atoms with Gasteiger partial charge in [-0.15, -0.1) is 0 Å². The Morgan fingerprint density at radius 2 is 2.00 bits per heavy atom. The summed E-state index contributed by atoms with van der Waals surface area (Å²) in [6.07, 6.45) is 5.28. The van der Waals surface area contributed by atoms with Gasteiger partial charge in [0.05, 0.1) is 0 Å². The average molecular weight is 381 g/mol. The molecule has 1 amide bonds. The molecule has 0 aliphatic carbocycles. The fraction of sp³-hybridized carbons (Fsp3) is 0.400. The Kier molecular flexibility index (Phi) is 5.10. The van der Waals surface area contributed by atoms with Crippen LogP contribution in [-0.4, -0.2) is 43.6 Å². The first-order valence-electron chi connectivity index (χ1n) is 9.38. The Balaban J connectivity index is 1.32. The minimum atomic E-state index is 0.0378. The summed E-state index contributed by atoms with van der Waals surface area (Å²) in [4.78, 5) is 23.2. The lowest BCUT2D eigenvalue weighted by molar-refractivity contribution is 0.0704. The van der Waals surface area contributed by atoms with Crippen molar-refractivity contribution in [2.45, 2.75) is 32.3 Å². The van der Waals surface area contributed by atoms with Gasteiger partial charge in [-0.05, 0) is 44.0 Å².